The molecule has 6 heteroatoms. The Bertz CT molecular complexity index is 524. The zero-order chi connectivity index (χ0) is 12.4. The van der Waals surface area contributed by atoms with E-state index >= 15 is 0 Å². The smallest absolute Gasteiger partial charge is 0.121 e. The minimum Gasteiger partial charge on any atom is -0.497 e. The molecule has 0 bridgehead atoms. The predicted molar refractivity (Wildman–Crippen MR) is 65.5 cm³/mol. The highest BCUT2D eigenvalue weighted by molar-refractivity contribution is 6.32. The van der Waals surface area contributed by atoms with Gasteiger partial charge in [0.2, 0.25) is 0 Å². The summed E-state index contributed by atoms with van der Waals surface area (Å²) >= 11 is 6.10. The topological polar surface area (TPSA) is 66.0 Å². The number of hydrogen-bond donors (Lipinski definition) is 1. The second-order valence-corrected chi connectivity index (χ2v) is 4.10. The lowest BCUT2D eigenvalue weighted by molar-refractivity contribution is 0.414. The molecule has 2 aromatic rings. The third-order valence-corrected chi connectivity index (χ3v) is 2.70. The van der Waals surface area contributed by atoms with Gasteiger partial charge in [-0.2, -0.15) is 0 Å². The fourth-order valence-corrected chi connectivity index (χ4v) is 1.60. The van der Waals surface area contributed by atoms with E-state index in [1.165, 1.54) is 0 Å². The molecule has 1 atom stereocenters. The molecule has 1 aromatic heterocycles. The van der Waals surface area contributed by atoms with Gasteiger partial charge in [0.25, 0.3) is 0 Å². The van der Waals surface area contributed by atoms with E-state index in [0.717, 1.165) is 0 Å². The third-order valence-electron chi connectivity index (χ3n) is 2.38. The Balaban J connectivity index is 2.44. The maximum absolute atomic E-state index is 6.10. The van der Waals surface area contributed by atoms with E-state index in [9.17, 15) is 0 Å². The first-order valence-corrected chi connectivity index (χ1v) is 5.51. The first-order chi connectivity index (χ1) is 8.11. The number of aromatic nitrogens is 3. The molecule has 0 aliphatic heterocycles. The first kappa shape index (κ1) is 11.9. The van der Waals surface area contributed by atoms with Gasteiger partial charge >= 0.3 is 0 Å². The van der Waals surface area contributed by atoms with Crippen molar-refractivity contribution in [3.05, 3.63) is 35.1 Å². The van der Waals surface area contributed by atoms with E-state index in [-0.39, 0.29) is 6.04 Å². The van der Waals surface area contributed by atoms with Gasteiger partial charge in [-0.1, -0.05) is 16.8 Å². The highest BCUT2D eigenvalue weighted by Crippen LogP contribution is 2.25. The molecule has 0 fully saturated rings. The highest BCUT2D eigenvalue weighted by Gasteiger charge is 2.10. The third kappa shape index (κ3) is 2.40. The van der Waals surface area contributed by atoms with Crippen LogP contribution in [0, 0.1) is 0 Å². The summed E-state index contributed by atoms with van der Waals surface area (Å²) in [6.45, 7) is 1.85. The van der Waals surface area contributed by atoms with Crippen molar-refractivity contribution in [3.63, 3.8) is 0 Å². The van der Waals surface area contributed by atoms with Gasteiger partial charge in [0.05, 0.1) is 29.7 Å². The van der Waals surface area contributed by atoms with E-state index in [0.29, 0.717) is 22.2 Å². The average molecular weight is 253 g/mol. The molecule has 0 aliphatic rings. The molecule has 17 heavy (non-hydrogen) atoms. The van der Waals surface area contributed by atoms with Crippen LogP contribution in [0.2, 0.25) is 5.02 Å². The van der Waals surface area contributed by atoms with E-state index in [1.807, 2.05) is 6.92 Å². The Hall–Kier alpha value is -1.59. The Kier molecular flexibility index (Phi) is 3.31. The van der Waals surface area contributed by atoms with Crippen LogP contribution >= 0.6 is 11.6 Å². The highest BCUT2D eigenvalue weighted by atomic mass is 35.5. The van der Waals surface area contributed by atoms with Crippen molar-refractivity contribution in [1.29, 1.82) is 0 Å². The SMILES string of the molecule is COc1ccc(Cl)c(-n2cc(C(C)N)nn2)c1. The lowest BCUT2D eigenvalue weighted by Gasteiger charge is -2.06. The van der Waals surface area contributed by atoms with Gasteiger partial charge in [0, 0.05) is 12.1 Å². The molecule has 2 N–H and O–H groups in total. The van der Waals surface area contributed by atoms with Crippen LogP contribution < -0.4 is 10.5 Å². The Morgan fingerprint density at radius 3 is 2.82 bits per heavy atom. The molecule has 2 rings (SSSR count). The molecule has 0 amide bonds. The zero-order valence-electron chi connectivity index (χ0n) is 9.59. The summed E-state index contributed by atoms with van der Waals surface area (Å²) in [5.41, 5.74) is 7.15. The van der Waals surface area contributed by atoms with Crippen molar-refractivity contribution in [1.82, 2.24) is 15.0 Å². The normalized spacial score (nSPS) is 12.5. The molecule has 1 heterocycles. The van der Waals surface area contributed by atoms with Crippen molar-refractivity contribution in [3.8, 4) is 11.4 Å². The molecule has 90 valence electrons. The summed E-state index contributed by atoms with van der Waals surface area (Å²) in [6.07, 6.45) is 1.76. The van der Waals surface area contributed by atoms with Crippen molar-refractivity contribution >= 4 is 11.6 Å². The quantitative estimate of drug-likeness (QED) is 0.907. The average Bonchev–Trinajstić information content (AvgIpc) is 2.79. The zero-order valence-corrected chi connectivity index (χ0v) is 10.3. The van der Waals surface area contributed by atoms with E-state index in [2.05, 4.69) is 10.3 Å². The summed E-state index contributed by atoms with van der Waals surface area (Å²) in [4.78, 5) is 0. The van der Waals surface area contributed by atoms with E-state index < -0.39 is 0 Å². The summed E-state index contributed by atoms with van der Waals surface area (Å²) in [6, 6.07) is 5.17. The number of ether oxygens (including phenoxy) is 1. The van der Waals surface area contributed by atoms with Crippen LogP contribution in [0.1, 0.15) is 18.7 Å². The lowest BCUT2D eigenvalue weighted by Crippen LogP contribution is -2.04. The van der Waals surface area contributed by atoms with Crippen LogP contribution in [0.25, 0.3) is 5.69 Å². The van der Waals surface area contributed by atoms with E-state index in [4.69, 9.17) is 22.1 Å². The predicted octanol–water partition coefficient (Wildman–Crippen LogP) is 1.95. The minimum atomic E-state index is -0.159. The van der Waals surface area contributed by atoms with Gasteiger partial charge in [-0.25, -0.2) is 4.68 Å². The molecular formula is C11H13ClN4O. The monoisotopic (exact) mass is 252 g/mol. The van der Waals surface area contributed by atoms with Crippen LogP contribution in [0.15, 0.2) is 24.4 Å². The van der Waals surface area contributed by atoms with Crippen molar-refractivity contribution in [2.75, 3.05) is 7.11 Å². The second kappa shape index (κ2) is 4.73. The largest absolute Gasteiger partial charge is 0.497 e. The number of rotatable bonds is 3. The molecule has 0 aliphatic carbocycles. The number of nitrogens with two attached hydrogens (primary N) is 1. The molecule has 1 aromatic carbocycles. The van der Waals surface area contributed by atoms with Gasteiger partial charge in [-0.15, -0.1) is 5.10 Å². The lowest BCUT2D eigenvalue weighted by atomic mass is 10.2. The van der Waals surface area contributed by atoms with Crippen LogP contribution in [0.3, 0.4) is 0 Å². The number of halogens is 1. The maximum atomic E-state index is 6.10. The fourth-order valence-electron chi connectivity index (χ4n) is 1.40. The van der Waals surface area contributed by atoms with Gasteiger partial charge in [0.1, 0.15) is 5.75 Å². The molecule has 1 unspecified atom stereocenters. The van der Waals surface area contributed by atoms with Gasteiger partial charge in [-0.3, -0.25) is 0 Å². The van der Waals surface area contributed by atoms with Crippen molar-refractivity contribution < 1.29 is 4.74 Å². The molecule has 5 nitrogen and oxygen atoms in total. The van der Waals surface area contributed by atoms with Crippen molar-refractivity contribution in [2.45, 2.75) is 13.0 Å². The summed E-state index contributed by atoms with van der Waals surface area (Å²) in [5, 5.41) is 8.54. The number of hydrogen-bond acceptors (Lipinski definition) is 4. The number of methoxy groups -OCH3 is 1. The molecular weight excluding hydrogens is 240 g/mol. The van der Waals surface area contributed by atoms with Crippen LogP contribution in [0.5, 0.6) is 5.75 Å². The molecule has 0 saturated carbocycles. The number of benzene rings is 1. The van der Waals surface area contributed by atoms with Gasteiger partial charge in [-0.05, 0) is 19.1 Å². The van der Waals surface area contributed by atoms with Crippen LogP contribution in [-0.4, -0.2) is 22.1 Å². The molecule has 0 saturated heterocycles. The van der Waals surface area contributed by atoms with Gasteiger partial charge < -0.3 is 10.5 Å². The Labute approximate surface area is 104 Å². The van der Waals surface area contributed by atoms with Crippen LogP contribution in [-0.2, 0) is 0 Å². The number of nitrogens with zero attached hydrogens (tertiary/aromatic N) is 3. The second-order valence-electron chi connectivity index (χ2n) is 3.69. The Morgan fingerprint density at radius 2 is 2.24 bits per heavy atom. The van der Waals surface area contributed by atoms with Crippen LogP contribution in [0.4, 0.5) is 0 Å². The summed E-state index contributed by atoms with van der Waals surface area (Å²) in [7, 11) is 1.60. The standard InChI is InChI=1S/C11H13ClN4O/c1-7(13)10-6-16(15-14-10)11-5-8(17-2)3-4-9(11)12/h3-7H,13H2,1-2H3. The minimum absolute atomic E-state index is 0.159. The molecule has 0 radical (unpaired) electrons. The fraction of sp³-hybridized carbons (Fsp3) is 0.273. The van der Waals surface area contributed by atoms with E-state index in [1.54, 1.807) is 36.2 Å². The maximum Gasteiger partial charge on any atom is 0.121 e. The first-order valence-electron chi connectivity index (χ1n) is 5.13. The van der Waals surface area contributed by atoms with Crippen molar-refractivity contribution in [2.24, 2.45) is 5.73 Å². The summed E-state index contributed by atoms with van der Waals surface area (Å²) < 4.78 is 6.73. The summed E-state index contributed by atoms with van der Waals surface area (Å²) in [5.74, 6) is 0.710. The Morgan fingerprint density at radius 1 is 1.47 bits per heavy atom. The van der Waals surface area contributed by atoms with Gasteiger partial charge in [0.15, 0.2) is 0 Å². The molecule has 0 spiro atoms.